The summed E-state index contributed by atoms with van der Waals surface area (Å²) < 4.78 is 26.6. The number of nitrogens with one attached hydrogen (secondary N) is 1. The maximum absolute atomic E-state index is 14.8. The van der Waals surface area contributed by atoms with Gasteiger partial charge in [0.25, 0.3) is 0 Å². The van der Waals surface area contributed by atoms with E-state index in [2.05, 4.69) is 12.2 Å². The van der Waals surface area contributed by atoms with Gasteiger partial charge in [0.05, 0.1) is 32.3 Å². The van der Waals surface area contributed by atoms with Gasteiger partial charge >= 0.3 is 0 Å². The average molecular weight is 585 g/mol. The van der Waals surface area contributed by atoms with E-state index < -0.39 is 35.9 Å². The molecule has 4 N–H and O–H groups in total. The van der Waals surface area contributed by atoms with Crippen LogP contribution < -0.4 is 14.8 Å². The lowest BCUT2D eigenvalue weighted by molar-refractivity contribution is -0.138. The van der Waals surface area contributed by atoms with Crippen LogP contribution in [0.1, 0.15) is 68.1 Å². The zero-order chi connectivity index (χ0) is 30.2. The van der Waals surface area contributed by atoms with Crippen molar-refractivity contribution in [3.63, 3.8) is 0 Å². The maximum atomic E-state index is 14.8. The van der Waals surface area contributed by atoms with Crippen LogP contribution in [0.15, 0.2) is 48.0 Å². The lowest BCUT2D eigenvalue weighted by Crippen LogP contribution is -2.55. The molecule has 42 heavy (non-hydrogen) atoms. The number of ether oxygens (including phenoxy) is 2. The monoisotopic (exact) mass is 584 g/mol. The second-order valence-corrected chi connectivity index (χ2v) is 10.8. The Kier molecular flexibility index (Phi) is 11.0. The summed E-state index contributed by atoms with van der Waals surface area (Å²) in [4.78, 5) is 28.6. The van der Waals surface area contributed by atoms with Crippen molar-refractivity contribution in [1.29, 1.82) is 0 Å². The maximum Gasteiger partial charge on any atom is 0.247 e. The molecule has 0 spiro atoms. The third-order valence-electron chi connectivity index (χ3n) is 7.97. The number of hydrogen-bond donors (Lipinski definition) is 4. The Morgan fingerprint density at radius 1 is 1.12 bits per heavy atom. The molecule has 228 valence electrons. The summed E-state index contributed by atoms with van der Waals surface area (Å²) in [7, 11) is 1.46. The number of unbranched alkanes of at least 4 members (excludes halogenated alkanes) is 4. The Morgan fingerprint density at radius 3 is 2.57 bits per heavy atom. The van der Waals surface area contributed by atoms with Gasteiger partial charge in [-0.25, -0.2) is 4.39 Å². The molecule has 0 bridgehead atoms. The minimum atomic E-state index is -1.27. The van der Waals surface area contributed by atoms with Crippen molar-refractivity contribution in [1.82, 2.24) is 10.2 Å². The van der Waals surface area contributed by atoms with E-state index in [4.69, 9.17) is 9.47 Å². The largest absolute Gasteiger partial charge is 0.493 e. The number of carbonyl (C=O) groups excluding carboxylic acids is 2. The third-order valence-corrected chi connectivity index (χ3v) is 7.97. The van der Waals surface area contributed by atoms with Gasteiger partial charge in [-0.05, 0) is 36.3 Å². The third kappa shape index (κ3) is 6.77. The van der Waals surface area contributed by atoms with Gasteiger partial charge in [-0.15, -0.1) is 0 Å². The van der Waals surface area contributed by atoms with E-state index in [1.54, 1.807) is 36.4 Å². The van der Waals surface area contributed by atoms with Crippen LogP contribution in [-0.4, -0.2) is 70.5 Å². The van der Waals surface area contributed by atoms with E-state index in [0.717, 1.165) is 25.7 Å². The van der Waals surface area contributed by atoms with Crippen molar-refractivity contribution >= 4 is 11.8 Å². The van der Waals surface area contributed by atoms with Crippen molar-refractivity contribution in [2.24, 2.45) is 0 Å². The van der Waals surface area contributed by atoms with Gasteiger partial charge in [-0.2, -0.15) is 0 Å². The number of methoxy groups -OCH3 is 1. The molecule has 0 fully saturated rings. The molecule has 2 aliphatic rings. The fraction of sp³-hybridized carbons (Fsp3) is 0.500. The van der Waals surface area contributed by atoms with Crippen molar-refractivity contribution in [3.05, 3.63) is 70.6 Å². The quantitative estimate of drug-likeness (QED) is 0.251. The van der Waals surface area contributed by atoms with Crippen molar-refractivity contribution in [2.45, 2.75) is 82.8 Å². The number of aliphatic hydroxyl groups excluding tert-OH is 3. The molecule has 2 amide bonds. The molecular weight excluding hydrogens is 543 g/mol. The van der Waals surface area contributed by atoms with Crippen molar-refractivity contribution in [2.75, 3.05) is 20.3 Å². The zero-order valence-electron chi connectivity index (χ0n) is 24.2. The number of hydrogen-bond acceptors (Lipinski definition) is 7. The Hall–Kier alpha value is -3.47. The molecule has 0 aromatic heterocycles. The molecule has 1 aliphatic heterocycles. The molecule has 4 atom stereocenters. The summed E-state index contributed by atoms with van der Waals surface area (Å²) in [6, 6.07) is 8.51. The fourth-order valence-corrected chi connectivity index (χ4v) is 5.81. The number of halogens is 1. The van der Waals surface area contributed by atoms with E-state index in [1.165, 1.54) is 18.1 Å². The van der Waals surface area contributed by atoms with Crippen LogP contribution in [0.25, 0.3) is 0 Å². The topological polar surface area (TPSA) is 129 Å². The highest BCUT2D eigenvalue weighted by Gasteiger charge is 2.51. The van der Waals surface area contributed by atoms with E-state index in [9.17, 15) is 29.3 Å². The first-order valence-corrected chi connectivity index (χ1v) is 14.6. The standard InChI is InChI=1S/C32H41FN2O7/c1-3-4-5-6-7-12-27(38)35(18-21-10-8-9-11-24(21)33)25-17-23(32(40)34-13-14-36)28-22-15-20(19-37)16-26(41-2)30(22)42-31(28)29(25)39/h8-11,15-17,25,28-29,31,36-37,39H,3-7,12-14,18-19H2,1-2H3,(H,34,40)/t25-,28+,29+,31+/m1/s1. The summed E-state index contributed by atoms with van der Waals surface area (Å²) in [6.07, 6.45) is 4.22. The number of aliphatic hydroxyl groups is 3. The van der Waals surface area contributed by atoms with Gasteiger partial charge in [0, 0.05) is 36.2 Å². The van der Waals surface area contributed by atoms with E-state index in [-0.39, 0.29) is 49.8 Å². The second-order valence-electron chi connectivity index (χ2n) is 10.8. The molecule has 2 aromatic carbocycles. The molecule has 1 aliphatic carbocycles. The number of nitrogens with zero attached hydrogens (tertiary/aromatic N) is 1. The highest BCUT2D eigenvalue weighted by molar-refractivity contribution is 5.96. The van der Waals surface area contributed by atoms with Gasteiger partial charge in [-0.1, -0.05) is 50.8 Å². The van der Waals surface area contributed by atoms with E-state index in [1.807, 2.05) is 0 Å². The Balaban J connectivity index is 1.75. The minimum Gasteiger partial charge on any atom is -0.493 e. The Bertz CT molecular complexity index is 1280. The van der Waals surface area contributed by atoms with Crippen molar-refractivity contribution in [3.8, 4) is 11.5 Å². The first-order chi connectivity index (χ1) is 20.3. The first-order valence-electron chi connectivity index (χ1n) is 14.6. The van der Waals surface area contributed by atoms with Crippen LogP contribution in [0.4, 0.5) is 4.39 Å². The number of rotatable bonds is 14. The molecule has 0 saturated carbocycles. The van der Waals surface area contributed by atoms with Crippen LogP contribution >= 0.6 is 0 Å². The predicted molar refractivity (Wildman–Crippen MR) is 154 cm³/mol. The molecule has 4 rings (SSSR count). The fourth-order valence-electron chi connectivity index (χ4n) is 5.81. The van der Waals surface area contributed by atoms with Crippen LogP contribution in [-0.2, 0) is 22.7 Å². The second kappa shape index (κ2) is 14.6. The zero-order valence-corrected chi connectivity index (χ0v) is 24.2. The lowest BCUT2D eigenvalue weighted by Gasteiger charge is -2.41. The first kappa shape index (κ1) is 31.5. The average Bonchev–Trinajstić information content (AvgIpc) is 3.39. The number of fused-ring (bicyclic) bond motifs is 3. The van der Waals surface area contributed by atoms with Gasteiger partial charge in [0.1, 0.15) is 18.0 Å². The number of benzene rings is 2. The smallest absolute Gasteiger partial charge is 0.247 e. The summed E-state index contributed by atoms with van der Waals surface area (Å²) in [5.74, 6) is -1.27. The lowest BCUT2D eigenvalue weighted by atomic mass is 9.77. The van der Waals surface area contributed by atoms with Gasteiger partial charge in [0.15, 0.2) is 11.5 Å². The molecule has 2 aromatic rings. The molecule has 0 radical (unpaired) electrons. The van der Waals surface area contributed by atoms with Crippen LogP contribution in [0.2, 0.25) is 0 Å². The van der Waals surface area contributed by atoms with Gasteiger partial charge in [-0.3, -0.25) is 9.59 Å². The van der Waals surface area contributed by atoms with Crippen molar-refractivity contribution < 1.29 is 38.8 Å². The predicted octanol–water partition coefficient (Wildman–Crippen LogP) is 3.34. The van der Waals surface area contributed by atoms with E-state index >= 15 is 0 Å². The Morgan fingerprint density at radius 2 is 1.88 bits per heavy atom. The van der Waals surface area contributed by atoms with Gasteiger partial charge in [0.2, 0.25) is 11.8 Å². The van der Waals surface area contributed by atoms with Gasteiger partial charge < -0.3 is 35.0 Å². The highest BCUT2D eigenvalue weighted by Crippen LogP contribution is 2.51. The highest BCUT2D eigenvalue weighted by atomic mass is 19.1. The normalized spacial score (nSPS) is 20.7. The summed E-state index contributed by atoms with van der Waals surface area (Å²) in [6.45, 7) is 1.47. The molecule has 10 heteroatoms. The SMILES string of the molecule is CCCCCCCC(=O)N(Cc1ccccc1F)[C@@H]1C=C(C(=O)NCCO)[C@@H]2c3cc(CO)cc(OC)c3O[C@@H]2[C@H]1O. The molecule has 0 unspecified atom stereocenters. The molecular formula is C32H41FN2O7. The Labute approximate surface area is 245 Å². The summed E-state index contributed by atoms with van der Waals surface area (Å²) in [5.41, 5.74) is 1.64. The number of amides is 2. The summed E-state index contributed by atoms with van der Waals surface area (Å²) in [5, 5.41) is 33.6. The number of carbonyl (C=O) groups is 2. The molecule has 9 nitrogen and oxygen atoms in total. The van der Waals surface area contributed by atoms with Crippen LogP contribution in [0, 0.1) is 5.82 Å². The summed E-state index contributed by atoms with van der Waals surface area (Å²) >= 11 is 0. The van der Waals surface area contributed by atoms with Crippen LogP contribution in [0.5, 0.6) is 11.5 Å². The molecule has 0 saturated heterocycles. The van der Waals surface area contributed by atoms with Crippen LogP contribution in [0.3, 0.4) is 0 Å². The molecule has 1 heterocycles. The minimum absolute atomic E-state index is 0.00409. The van der Waals surface area contributed by atoms with E-state index in [0.29, 0.717) is 29.0 Å².